The summed E-state index contributed by atoms with van der Waals surface area (Å²) >= 11 is 0. The van der Waals surface area contributed by atoms with Crippen LogP contribution in [0, 0.1) is 5.92 Å². The molecule has 166 valence electrons. The maximum Gasteiger partial charge on any atom is 0.0706 e. The molecule has 0 spiro atoms. The number of hydrogen-bond acceptors (Lipinski definition) is 4. The quantitative estimate of drug-likeness (QED) is 0.632. The summed E-state index contributed by atoms with van der Waals surface area (Å²) < 4.78 is 6.35. The lowest BCUT2D eigenvalue weighted by atomic mass is 9.81. The molecule has 5 unspecified atom stereocenters. The fourth-order valence-electron chi connectivity index (χ4n) is 4.90. The Morgan fingerprint density at radius 1 is 0.929 bits per heavy atom. The summed E-state index contributed by atoms with van der Waals surface area (Å²) in [4.78, 5) is 7.92. The Bertz CT molecular complexity index is 480. The van der Waals surface area contributed by atoms with Gasteiger partial charge in [0.1, 0.15) is 0 Å². The Kier molecular flexibility index (Phi) is 8.03. The van der Waals surface area contributed by atoms with Crippen LogP contribution in [-0.2, 0) is 4.74 Å². The van der Waals surface area contributed by atoms with Crippen molar-refractivity contribution in [3.63, 3.8) is 0 Å². The molecule has 5 atom stereocenters. The van der Waals surface area contributed by atoms with Gasteiger partial charge in [-0.2, -0.15) is 0 Å². The van der Waals surface area contributed by atoms with Gasteiger partial charge in [0.15, 0.2) is 0 Å². The van der Waals surface area contributed by atoms with E-state index in [0.29, 0.717) is 30.2 Å². The van der Waals surface area contributed by atoms with Crippen LogP contribution in [0.3, 0.4) is 0 Å². The molecular weight excluding hydrogens is 346 g/mol. The zero-order chi connectivity index (χ0) is 21.3. The van der Waals surface area contributed by atoms with Crippen molar-refractivity contribution in [3.05, 3.63) is 0 Å². The van der Waals surface area contributed by atoms with E-state index in [-0.39, 0.29) is 11.1 Å². The summed E-state index contributed by atoms with van der Waals surface area (Å²) in [5.74, 6) is 0.656. The van der Waals surface area contributed by atoms with Gasteiger partial charge in [-0.3, -0.25) is 14.7 Å². The predicted octanol–water partition coefficient (Wildman–Crippen LogP) is 4.48. The highest BCUT2D eigenvalue weighted by Gasteiger charge is 2.39. The first-order chi connectivity index (χ1) is 12.9. The smallest absolute Gasteiger partial charge is 0.0706 e. The second kappa shape index (κ2) is 9.32. The molecule has 2 rings (SSSR count). The maximum absolute atomic E-state index is 6.35. The highest BCUT2D eigenvalue weighted by molar-refractivity contribution is 4.94. The van der Waals surface area contributed by atoms with Crippen LogP contribution in [0.2, 0.25) is 0 Å². The minimum atomic E-state index is 0.229. The van der Waals surface area contributed by atoms with E-state index >= 15 is 0 Å². The number of likely N-dealkylation sites (N-methyl/N-ethyl adjacent to an activating group) is 1. The van der Waals surface area contributed by atoms with Gasteiger partial charge < -0.3 is 4.74 Å². The zero-order valence-electron chi connectivity index (χ0n) is 20.6. The van der Waals surface area contributed by atoms with E-state index in [4.69, 9.17) is 4.74 Å². The Morgan fingerprint density at radius 2 is 1.50 bits per heavy atom. The lowest BCUT2D eigenvalue weighted by molar-refractivity contribution is -0.109. The number of morpholine rings is 1. The second-order valence-electron chi connectivity index (χ2n) is 11.0. The highest BCUT2D eigenvalue weighted by atomic mass is 16.5. The van der Waals surface area contributed by atoms with Gasteiger partial charge in [0.05, 0.1) is 12.2 Å². The Labute approximate surface area is 176 Å². The number of piperazine rings is 1. The van der Waals surface area contributed by atoms with E-state index < -0.39 is 0 Å². The van der Waals surface area contributed by atoms with Crippen LogP contribution in [0.5, 0.6) is 0 Å². The van der Waals surface area contributed by atoms with Gasteiger partial charge in [-0.25, -0.2) is 0 Å². The summed E-state index contributed by atoms with van der Waals surface area (Å²) in [5.41, 5.74) is 0.500. The molecular formula is C24H49N3O. The van der Waals surface area contributed by atoms with E-state index in [1.165, 1.54) is 32.4 Å². The topological polar surface area (TPSA) is 19.0 Å². The van der Waals surface area contributed by atoms with E-state index in [9.17, 15) is 0 Å². The zero-order valence-corrected chi connectivity index (χ0v) is 20.6. The van der Waals surface area contributed by atoms with Gasteiger partial charge in [0.2, 0.25) is 0 Å². The third-order valence-electron chi connectivity index (χ3n) is 8.35. The minimum Gasteiger partial charge on any atom is -0.373 e. The standard InChI is InChI=1S/C24H49N3O/c1-11-23(6,7)26-16-21(5)28-22(17-26)13-12-18(2)24(8,9)27-14-19(3)25(10)20(4)15-27/h18-22H,11-17H2,1-10H3. The van der Waals surface area contributed by atoms with Crippen LogP contribution in [0.4, 0.5) is 0 Å². The van der Waals surface area contributed by atoms with Gasteiger partial charge in [0.25, 0.3) is 0 Å². The Hall–Kier alpha value is -0.160. The van der Waals surface area contributed by atoms with Crippen LogP contribution in [0.1, 0.15) is 81.6 Å². The number of rotatable bonds is 7. The summed E-state index contributed by atoms with van der Waals surface area (Å²) in [6.07, 6.45) is 4.31. The van der Waals surface area contributed by atoms with Gasteiger partial charge >= 0.3 is 0 Å². The number of hydrogen-bond donors (Lipinski definition) is 0. The molecule has 28 heavy (non-hydrogen) atoms. The Balaban J connectivity index is 1.93. The fraction of sp³-hybridized carbons (Fsp3) is 1.00. The summed E-state index contributed by atoms with van der Waals surface area (Å²) in [7, 11) is 2.27. The van der Waals surface area contributed by atoms with Crippen LogP contribution in [-0.4, -0.2) is 83.3 Å². The maximum atomic E-state index is 6.35. The molecule has 4 nitrogen and oxygen atoms in total. The average molecular weight is 396 g/mol. The molecule has 0 saturated carbocycles. The second-order valence-corrected chi connectivity index (χ2v) is 11.0. The van der Waals surface area contributed by atoms with Gasteiger partial charge in [0, 0.05) is 49.3 Å². The molecule has 0 bridgehead atoms. The molecule has 0 N–H and O–H groups in total. The van der Waals surface area contributed by atoms with Crippen molar-refractivity contribution in [2.75, 3.05) is 33.2 Å². The predicted molar refractivity (Wildman–Crippen MR) is 121 cm³/mol. The van der Waals surface area contributed by atoms with E-state index in [1.807, 2.05) is 0 Å². The minimum absolute atomic E-state index is 0.229. The average Bonchev–Trinajstić information content (AvgIpc) is 2.63. The van der Waals surface area contributed by atoms with Gasteiger partial charge in [-0.1, -0.05) is 13.8 Å². The molecule has 0 aromatic heterocycles. The van der Waals surface area contributed by atoms with Crippen molar-refractivity contribution in [1.29, 1.82) is 0 Å². The van der Waals surface area contributed by atoms with Crippen LogP contribution in [0.15, 0.2) is 0 Å². The monoisotopic (exact) mass is 395 g/mol. The van der Waals surface area contributed by atoms with Crippen molar-refractivity contribution in [3.8, 4) is 0 Å². The van der Waals surface area contributed by atoms with Gasteiger partial charge in [-0.05, 0) is 80.7 Å². The first-order valence-corrected chi connectivity index (χ1v) is 11.8. The van der Waals surface area contributed by atoms with Crippen molar-refractivity contribution < 1.29 is 4.74 Å². The molecule has 2 heterocycles. The summed E-state index contributed by atoms with van der Waals surface area (Å²) in [6, 6.07) is 1.25. The highest BCUT2D eigenvalue weighted by Crippen LogP contribution is 2.33. The molecule has 0 aliphatic carbocycles. The third-order valence-corrected chi connectivity index (χ3v) is 8.35. The summed E-state index contributed by atoms with van der Waals surface area (Å²) in [5, 5.41) is 0. The molecule has 2 fully saturated rings. The first-order valence-electron chi connectivity index (χ1n) is 11.8. The molecule has 2 aliphatic rings. The number of ether oxygens (including phenoxy) is 1. The van der Waals surface area contributed by atoms with Crippen molar-refractivity contribution in [1.82, 2.24) is 14.7 Å². The van der Waals surface area contributed by atoms with Crippen molar-refractivity contribution in [2.24, 2.45) is 5.92 Å². The molecule has 2 aliphatic heterocycles. The molecule has 2 saturated heterocycles. The van der Waals surface area contributed by atoms with Crippen molar-refractivity contribution >= 4 is 0 Å². The van der Waals surface area contributed by atoms with E-state index in [2.05, 4.69) is 84.1 Å². The SMILES string of the molecule is CCC(C)(C)N1CC(C)OC(CCC(C)C(C)(C)N2CC(C)N(C)C(C)C2)C1. The molecule has 0 amide bonds. The lowest BCUT2D eigenvalue weighted by Gasteiger charge is -2.51. The fourth-order valence-corrected chi connectivity index (χ4v) is 4.90. The normalized spacial score (nSPS) is 33.2. The van der Waals surface area contributed by atoms with Crippen molar-refractivity contribution in [2.45, 2.75) is 117 Å². The lowest BCUT2D eigenvalue weighted by Crippen LogP contribution is -2.62. The molecule has 0 radical (unpaired) electrons. The molecule has 0 aromatic rings. The largest absolute Gasteiger partial charge is 0.373 e. The third kappa shape index (κ3) is 5.50. The van der Waals surface area contributed by atoms with E-state index in [0.717, 1.165) is 13.1 Å². The van der Waals surface area contributed by atoms with Gasteiger partial charge in [-0.15, -0.1) is 0 Å². The van der Waals surface area contributed by atoms with Crippen LogP contribution in [0.25, 0.3) is 0 Å². The van der Waals surface area contributed by atoms with Crippen LogP contribution < -0.4 is 0 Å². The Morgan fingerprint density at radius 3 is 2.04 bits per heavy atom. The molecule has 4 heteroatoms. The summed E-state index contributed by atoms with van der Waals surface area (Å²) in [6.45, 7) is 25.9. The van der Waals surface area contributed by atoms with Crippen LogP contribution >= 0.6 is 0 Å². The first kappa shape index (κ1) is 24.1. The number of nitrogens with zero attached hydrogens (tertiary/aromatic N) is 3. The molecule has 0 aromatic carbocycles. The van der Waals surface area contributed by atoms with E-state index in [1.54, 1.807) is 0 Å².